The van der Waals surface area contributed by atoms with E-state index in [4.69, 9.17) is 9.47 Å². The van der Waals surface area contributed by atoms with E-state index in [-0.39, 0.29) is 5.91 Å². The van der Waals surface area contributed by atoms with Gasteiger partial charge in [0.05, 0.1) is 14.2 Å². The van der Waals surface area contributed by atoms with Crippen molar-refractivity contribution in [3.8, 4) is 11.5 Å². The molecule has 4 nitrogen and oxygen atoms in total. The SMILES string of the molecule is COc1ccc(C=C2C(=O)Nc3ccc(Br)cc32)cc1OC. The predicted octanol–water partition coefficient (Wildman–Crippen LogP) is 3.96. The number of carbonyl (C=O) groups excluding carboxylic acids is 1. The summed E-state index contributed by atoms with van der Waals surface area (Å²) in [6, 6.07) is 11.3. The monoisotopic (exact) mass is 359 g/mol. The molecule has 1 amide bonds. The number of hydrogen-bond donors (Lipinski definition) is 1. The van der Waals surface area contributed by atoms with E-state index in [0.717, 1.165) is 21.3 Å². The molecule has 1 heterocycles. The van der Waals surface area contributed by atoms with Crippen LogP contribution in [-0.2, 0) is 4.79 Å². The second-order valence-electron chi connectivity index (χ2n) is 4.82. The minimum absolute atomic E-state index is 0.108. The lowest BCUT2D eigenvalue weighted by atomic mass is 10.0. The van der Waals surface area contributed by atoms with Gasteiger partial charge >= 0.3 is 0 Å². The number of fused-ring (bicyclic) bond motifs is 1. The summed E-state index contributed by atoms with van der Waals surface area (Å²) in [5.74, 6) is 1.18. The van der Waals surface area contributed by atoms with Gasteiger partial charge in [-0.2, -0.15) is 0 Å². The molecule has 0 aliphatic carbocycles. The summed E-state index contributed by atoms with van der Waals surface area (Å²) in [7, 11) is 3.18. The van der Waals surface area contributed by atoms with Crippen molar-refractivity contribution >= 4 is 39.2 Å². The zero-order valence-electron chi connectivity index (χ0n) is 12.1. The predicted molar refractivity (Wildman–Crippen MR) is 90.2 cm³/mol. The Morgan fingerprint density at radius 1 is 1.05 bits per heavy atom. The lowest BCUT2D eigenvalue weighted by molar-refractivity contribution is -0.110. The number of carbonyl (C=O) groups is 1. The zero-order chi connectivity index (χ0) is 15.7. The molecule has 0 fully saturated rings. The summed E-state index contributed by atoms with van der Waals surface area (Å²) in [6.45, 7) is 0. The number of nitrogens with one attached hydrogen (secondary N) is 1. The zero-order valence-corrected chi connectivity index (χ0v) is 13.7. The molecule has 2 aromatic rings. The summed E-state index contributed by atoms with van der Waals surface area (Å²) in [5.41, 5.74) is 3.20. The topological polar surface area (TPSA) is 47.6 Å². The second kappa shape index (κ2) is 5.85. The maximum absolute atomic E-state index is 12.2. The highest BCUT2D eigenvalue weighted by Crippen LogP contribution is 2.36. The van der Waals surface area contributed by atoms with Crippen molar-refractivity contribution < 1.29 is 14.3 Å². The van der Waals surface area contributed by atoms with Gasteiger partial charge in [0.2, 0.25) is 0 Å². The largest absolute Gasteiger partial charge is 0.493 e. The van der Waals surface area contributed by atoms with Crippen LogP contribution in [0.1, 0.15) is 11.1 Å². The van der Waals surface area contributed by atoms with E-state index in [1.165, 1.54) is 0 Å². The Kier molecular flexibility index (Phi) is 3.90. The molecule has 3 rings (SSSR count). The first-order valence-corrected chi connectivity index (χ1v) is 7.46. The van der Waals surface area contributed by atoms with Crippen LogP contribution in [0.2, 0.25) is 0 Å². The minimum Gasteiger partial charge on any atom is -0.493 e. The summed E-state index contributed by atoms with van der Waals surface area (Å²) in [6.07, 6.45) is 1.84. The first-order chi connectivity index (χ1) is 10.6. The van der Waals surface area contributed by atoms with Gasteiger partial charge in [-0.15, -0.1) is 0 Å². The third-order valence-corrected chi connectivity index (χ3v) is 3.98. The molecule has 0 saturated carbocycles. The van der Waals surface area contributed by atoms with E-state index < -0.39 is 0 Å². The number of hydrogen-bond acceptors (Lipinski definition) is 3. The second-order valence-corrected chi connectivity index (χ2v) is 5.73. The first kappa shape index (κ1) is 14.7. The minimum atomic E-state index is -0.108. The summed E-state index contributed by atoms with van der Waals surface area (Å²) >= 11 is 3.44. The number of methoxy groups -OCH3 is 2. The van der Waals surface area contributed by atoms with Crippen molar-refractivity contribution in [3.05, 3.63) is 52.0 Å². The smallest absolute Gasteiger partial charge is 0.256 e. The highest BCUT2D eigenvalue weighted by Gasteiger charge is 2.24. The van der Waals surface area contributed by atoms with Crippen LogP contribution in [-0.4, -0.2) is 20.1 Å². The van der Waals surface area contributed by atoms with Crippen molar-refractivity contribution in [2.75, 3.05) is 19.5 Å². The molecule has 0 bridgehead atoms. The number of anilines is 1. The molecule has 1 N–H and O–H groups in total. The van der Waals surface area contributed by atoms with Crippen LogP contribution >= 0.6 is 15.9 Å². The van der Waals surface area contributed by atoms with Crippen LogP contribution < -0.4 is 14.8 Å². The van der Waals surface area contributed by atoms with Crippen molar-refractivity contribution in [2.24, 2.45) is 0 Å². The Hall–Kier alpha value is -2.27. The summed E-state index contributed by atoms with van der Waals surface area (Å²) in [5, 5.41) is 2.86. The Morgan fingerprint density at radius 2 is 1.82 bits per heavy atom. The Labute approximate surface area is 136 Å². The number of rotatable bonds is 3. The normalized spacial score (nSPS) is 14.7. The average Bonchev–Trinajstić information content (AvgIpc) is 2.83. The highest BCUT2D eigenvalue weighted by atomic mass is 79.9. The number of benzene rings is 2. The van der Waals surface area contributed by atoms with Gasteiger partial charge in [0.1, 0.15) is 0 Å². The molecule has 0 unspecified atom stereocenters. The molecule has 2 aromatic carbocycles. The van der Waals surface area contributed by atoms with E-state index in [2.05, 4.69) is 21.2 Å². The van der Waals surface area contributed by atoms with Crippen LogP contribution in [0.5, 0.6) is 11.5 Å². The molecule has 0 saturated heterocycles. The molecular formula is C17H14BrNO3. The van der Waals surface area contributed by atoms with E-state index >= 15 is 0 Å². The average molecular weight is 360 g/mol. The van der Waals surface area contributed by atoms with Gasteiger partial charge in [-0.05, 0) is 42.0 Å². The molecular weight excluding hydrogens is 346 g/mol. The van der Waals surface area contributed by atoms with Gasteiger partial charge in [-0.25, -0.2) is 0 Å². The van der Waals surface area contributed by atoms with E-state index in [9.17, 15) is 4.79 Å². The van der Waals surface area contributed by atoms with Crippen molar-refractivity contribution in [1.82, 2.24) is 0 Å². The Morgan fingerprint density at radius 3 is 2.55 bits per heavy atom. The van der Waals surface area contributed by atoms with Gasteiger partial charge in [-0.3, -0.25) is 4.79 Å². The fourth-order valence-electron chi connectivity index (χ4n) is 2.41. The van der Waals surface area contributed by atoms with Crippen molar-refractivity contribution in [1.29, 1.82) is 0 Å². The molecule has 0 radical (unpaired) electrons. The Balaban J connectivity index is 2.06. The first-order valence-electron chi connectivity index (χ1n) is 6.67. The van der Waals surface area contributed by atoms with Crippen LogP contribution in [0.15, 0.2) is 40.9 Å². The maximum atomic E-state index is 12.2. The number of halogens is 1. The molecule has 5 heteroatoms. The maximum Gasteiger partial charge on any atom is 0.256 e. The van der Waals surface area contributed by atoms with Crippen molar-refractivity contribution in [3.63, 3.8) is 0 Å². The quantitative estimate of drug-likeness (QED) is 0.843. The highest BCUT2D eigenvalue weighted by molar-refractivity contribution is 9.10. The summed E-state index contributed by atoms with van der Waals surface area (Å²) in [4.78, 5) is 12.2. The molecule has 1 aliphatic heterocycles. The van der Waals surface area contributed by atoms with Crippen LogP contribution in [0.3, 0.4) is 0 Å². The van der Waals surface area contributed by atoms with Gasteiger partial charge in [0.15, 0.2) is 11.5 Å². The van der Waals surface area contributed by atoms with Crippen LogP contribution in [0, 0.1) is 0 Å². The van der Waals surface area contributed by atoms with Gasteiger partial charge in [0, 0.05) is 21.3 Å². The van der Waals surface area contributed by atoms with Gasteiger partial charge in [-0.1, -0.05) is 22.0 Å². The molecule has 1 aliphatic rings. The number of amides is 1. The fourth-order valence-corrected chi connectivity index (χ4v) is 2.77. The third-order valence-electron chi connectivity index (χ3n) is 3.48. The standard InChI is InChI=1S/C17H14BrNO3/c1-21-15-6-3-10(8-16(15)22-2)7-13-12-9-11(18)4-5-14(12)19-17(13)20/h3-9H,1-2H3,(H,19,20). The van der Waals surface area contributed by atoms with Crippen molar-refractivity contribution in [2.45, 2.75) is 0 Å². The molecule has 0 aromatic heterocycles. The fraction of sp³-hybridized carbons (Fsp3) is 0.118. The molecule has 112 valence electrons. The molecule has 22 heavy (non-hydrogen) atoms. The van der Waals surface area contributed by atoms with Crippen LogP contribution in [0.4, 0.5) is 5.69 Å². The Bertz CT molecular complexity index is 783. The van der Waals surface area contributed by atoms with E-state index in [1.54, 1.807) is 14.2 Å². The lowest BCUT2D eigenvalue weighted by Crippen LogP contribution is -2.03. The summed E-state index contributed by atoms with van der Waals surface area (Å²) < 4.78 is 11.4. The molecule has 0 atom stereocenters. The van der Waals surface area contributed by atoms with Crippen LogP contribution in [0.25, 0.3) is 11.6 Å². The molecule has 0 spiro atoms. The lowest BCUT2D eigenvalue weighted by Gasteiger charge is -2.08. The third kappa shape index (κ3) is 2.60. The van der Waals surface area contributed by atoms with Gasteiger partial charge in [0.25, 0.3) is 5.91 Å². The van der Waals surface area contributed by atoms with Gasteiger partial charge < -0.3 is 14.8 Å². The van der Waals surface area contributed by atoms with E-state index in [0.29, 0.717) is 17.1 Å². The van der Waals surface area contributed by atoms with E-state index in [1.807, 2.05) is 42.5 Å². The number of ether oxygens (including phenoxy) is 2.